The van der Waals surface area contributed by atoms with Crippen molar-refractivity contribution >= 4 is 51.2 Å². The van der Waals surface area contributed by atoms with E-state index in [0.29, 0.717) is 13.7 Å². The molecule has 0 unspecified atom stereocenters. The standard InChI is InChI=1S/C9H7FI2O2/c1-2-14-9(13)5-3-6(10)8(12)7(11)4-5/h3-4H,2H2,1H3. The number of hydrogen-bond acceptors (Lipinski definition) is 2. The third-order valence-corrected chi connectivity index (χ3v) is 4.47. The molecule has 0 N–H and O–H groups in total. The van der Waals surface area contributed by atoms with E-state index in [1.54, 1.807) is 13.0 Å². The highest BCUT2D eigenvalue weighted by atomic mass is 127. The zero-order valence-electron chi connectivity index (χ0n) is 7.31. The number of rotatable bonds is 2. The molecule has 0 saturated heterocycles. The highest BCUT2D eigenvalue weighted by Gasteiger charge is 2.12. The molecule has 0 radical (unpaired) electrons. The summed E-state index contributed by atoms with van der Waals surface area (Å²) >= 11 is 3.88. The van der Waals surface area contributed by atoms with E-state index in [2.05, 4.69) is 0 Å². The fraction of sp³-hybridized carbons (Fsp3) is 0.222. The highest BCUT2D eigenvalue weighted by Crippen LogP contribution is 2.20. The molecular weight excluding hydrogens is 413 g/mol. The van der Waals surface area contributed by atoms with Crippen molar-refractivity contribution in [3.05, 3.63) is 30.7 Å². The van der Waals surface area contributed by atoms with Crippen LogP contribution in [0.2, 0.25) is 0 Å². The zero-order valence-corrected chi connectivity index (χ0v) is 11.6. The van der Waals surface area contributed by atoms with Crippen molar-refractivity contribution in [2.24, 2.45) is 0 Å². The third-order valence-electron chi connectivity index (χ3n) is 1.49. The van der Waals surface area contributed by atoms with Gasteiger partial charge in [-0.1, -0.05) is 0 Å². The first kappa shape index (κ1) is 12.2. The third kappa shape index (κ3) is 2.78. The van der Waals surface area contributed by atoms with Gasteiger partial charge in [-0.25, -0.2) is 9.18 Å². The van der Waals surface area contributed by atoms with E-state index in [9.17, 15) is 9.18 Å². The second kappa shape index (κ2) is 5.24. The number of benzene rings is 1. The summed E-state index contributed by atoms with van der Waals surface area (Å²) in [5.74, 6) is -0.874. The molecule has 0 fully saturated rings. The van der Waals surface area contributed by atoms with E-state index < -0.39 is 5.97 Å². The Labute approximate surface area is 108 Å². The quantitative estimate of drug-likeness (QED) is 0.418. The number of halogens is 3. The monoisotopic (exact) mass is 420 g/mol. The first-order valence-corrected chi connectivity index (χ1v) is 6.03. The van der Waals surface area contributed by atoms with Crippen LogP contribution in [0.25, 0.3) is 0 Å². The number of ether oxygens (including phenoxy) is 1. The van der Waals surface area contributed by atoms with E-state index in [4.69, 9.17) is 4.74 Å². The largest absolute Gasteiger partial charge is 0.462 e. The lowest BCUT2D eigenvalue weighted by Crippen LogP contribution is -2.06. The van der Waals surface area contributed by atoms with Crippen molar-refractivity contribution in [3.63, 3.8) is 0 Å². The molecule has 2 nitrogen and oxygen atoms in total. The fourth-order valence-corrected chi connectivity index (χ4v) is 1.79. The van der Waals surface area contributed by atoms with Gasteiger partial charge in [-0.3, -0.25) is 0 Å². The zero-order chi connectivity index (χ0) is 10.7. The molecular formula is C9H7FI2O2. The van der Waals surface area contributed by atoms with Crippen molar-refractivity contribution in [3.8, 4) is 0 Å². The summed E-state index contributed by atoms with van der Waals surface area (Å²) in [4.78, 5) is 11.3. The minimum atomic E-state index is -0.485. The predicted octanol–water partition coefficient (Wildman–Crippen LogP) is 3.21. The van der Waals surface area contributed by atoms with Gasteiger partial charge in [0.25, 0.3) is 0 Å². The van der Waals surface area contributed by atoms with Crippen LogP contribution in [0.5, 0.6) is 0 Å². The molecule has 5 heteroatoms. The minimum absolute atomic E-state index is 0.258. The molecule has 76 valence electrons. The van der Waals surface area contributed by atoms with Crippen LogP contribution in [0.4, 0.5) is 4.39 Å². The van der Waals surface area contributed by atoms with Crippen molar-refractivity contribution in [1.82, 2.24) is 0 Å². The molecule has 0 aliphatic carbocycles. The number of hydrogen-bond donors (Lipinski definition) is 0. The van der Waals surface area contributed by atoms with Crippen molar-refractivity contribution in [2.75, 3.05) is 6.61 Å². The molecule has 0 amide bonds. The molecule has 0 aliphatic rings. The average molecular weight is 420 g/mol. The van der Waals surface area contributed by atoms with Crippen LogP contribution < -0.4 is 0 Å². The van der Waals surface area contributed by atoms with Gasteiger partial charge in [0.05, 0.1) is 15.7 Å². The Morgan fingerprint density at radius 2 is 2.14 bits per heavy atom. The second-order valence-corrected chi connectivity index (χ2v) is 4.72. The number of esters is 1. The molecule has 0 bridgehead atoms. The van der Waals surface area contributed by atoms with E-state index in [0.717, 1.165) is 0 Å². The van der Waals surface area contributed by atoms with Gasteiger partial charge in [-0.15, -0.1) is 0 Å². The topological polar surface area (TPSA) is 26.3 Å². The molecule has 14 heavy (non-hydrogen) atoms. The summed E-state index contributed by atoms with van der Waals surface area (Å²) in [6.07, 6.45) is 0. The maximum atomic E-state index is 13.2. The van der Waals surface area contributed by atoms with Crippen molar-refractivity contribution in [1.29, 1.82) is 0 Å². The first-order chi connectivity index (χ1) is 6.56. The molecule has 0 aliphatic heterocycles. The van der Waals surface area contributed by atoms with Gasteiger partial charge in [0.1, 0.15) is 5.82 Å². The van der Waals surface area contributed by atoms with Crippen LogP contribution in [0.3, 0.4) is 0 Å². The van der Waals surface area contributed by atoms with Gasteiger partial charge >= 0.3 is 5.97 Å². The molecule has 0 aromatic heterocycles. The Morgan fingerprint density at radius 3 is 2.64 bits per heavy atom. The Balaban J connectivity index is 3.06. The van der Waals surface area contributed by atoms with E-state index in [1.807, 2.05) is 45.2 Å². The van der Waals surface area contributed by atoms with E-state index >= 15 is 0 Å². The Kier molecular flexibility index (Phi) is 4.55. The van der Waals surface area contributed by atoms with Crippen LogP contribution in [0.1, 0.15) is 17.3 Å². The molecule has 0 spiro atoms. The summed E-state index contributed by atoms with van der Waals surface area (Å²) in [6, 6.07) is 2.81. The predicted molar refractivity (Wildman–Crippen MR) is 67.8 cm³/mol. The second-order valence-electron chi connectivity index (χ2n) is 2.47. The van der Waals surface area contributed by atoms with Crippen LogP contribution in [0.15, 0.2) is 12.1 Å². The molecule has 0 heterocycles. The van der Waals surface area contributed by atoms with Crippen molar-refractivity contribution in [2.45, 2.75) is 6.92 Å². The normalized spacial score (nSPS) is 10.0. The summed E-state index contributed by atoms with van der Waals surface area (Å²) < 4.78 is 19.2. The first-order valence-electron chi connectivity index (χ1n) is 3.88. The molecule has 0 saturated carbocycles. The van der Waals surface area contributed by atoms with E-state index in [-0.39, 0.29) is 11.4 Å². The molecule has 0 atom stereocenters. The van der Waals surface area contributed by atoms with Gasteiger partial charge in [-0.2, -0.15) is 0 Å². The maximum Gasteiger partial charge on any atom is 0.338 e. The number of carbonyl (C=O) groups is 1. The summed E-state index contributed by atoms with van der Waals surface area (Å²) in [7, 11) is 0. The van der Waals surface area contributed by atoms with Gasteiger partial charge in [0.2, 0.25) is 0 Å². The lowest BCUT2D eigenvalue weighted by Gasteiger charge is -2.04. The van der Waals surface area contributed by atoms with Crippen molar-refractivity contribution < 1.29 is 13.9 Å². The average Bonchev–Trinajstić information content (AvgIpc) is 2.13. The maximum absolute atomic E-state index is 13.2. The summed E-state index contributed by atoms with van der Waals surface area (Å²) in [6.45, 7) is 2.01. The van der Waals surface area contributed by atoms with Gasteiger partial charge in [-0.05, 0) is 64.2 Å². The SMILES string of the molecule is CCOC(=O)c1cc(F)c(I)c(I)c1. The molecule has 1 aromatic rings. The minimum Gasteiger partial charge on any atom is -0.462 e. The molecule has 1 rings (SSSR count). The van der Waals surface area contributed by atoms with Crippen LogP contribution >= 0.6 is 45.2 Å². The van der Waals surface area contributed by atoms with E-state index in [1.165, 1.54) is 6.07 Å². The van der Waals surface area contributed by atoms with Crippen LogP contribution in [0, 0.1) is 13.0 Å². The fourth-order valence-electron chi connectivity index (χ4n) is 0.888. The smallest absolute Gasteiger partial charge is 0.338 e. The van der Waals surface area contributed by atoms with Crippen LogP contribution in [-0.4, -0.2) is 12.6 Å². The Hall–Kier alpha value is 0.0800. The Morgan fingerprint density at radius 1 is 1.50 bits per heavy atom. The lowest BCUT2D eigenvalue weighted by molar-refractivity contribution is 0.0525. The Bertz CT molecular complexity index is 343. The van der Waals surface area contributed by atoms with Gasteiger partial charge in [0.15, 0.2) is 0 Å². The summed E-state index contributed by atoms with van der Waals surface area (Å²) in [5.41, 5.74) is 0.258. The summed E-state index contributed by atoms with van der Waals surface area (Å²) in [5, 5.41) is 0. The van der Waals surface area contributed by atoms with Crippen LogP contribution in [-0.2, 0) is 4.74 Å². The lowest BCUT2D eigenvalue weighted by atomic mass is 10.2. The highest BCUT2D eigenvalue weighted by molar-refractivity contribution is 14.1. The van der Waals surface area contributed by atoms with Gasteiger partial charge < -0.3 is 4.74 Å². The van der Waals surface area contributed by atoms with Gasteiger partial charge in [0, 0.05) is 3.57 Å². The molecule has 1 aromatic carbocycles. The number of carbonyl (C=O) groups excluding carboxylic acids is 1.